The van der Waals surface area contributed by atoms with E-state index in [0.29, 0.717) is 19.0 Å². The molecule has 10 nitrogen and oxygen atoms in total. The van der Waals surface area contributed by atoms with Gasteiger partial charge in [-0.05, 0) is 38.9 Å². The van der Waals surface area contributed by atoms with Gasteiger partial charge in [-0.15, -0.1) is 0 Å². The van der Waals surface area contributed by atoms with E-state index < -0.39 is 10.7 Å². The van der Waals surface area contributed by atoms with E-state index in [0.717, 1.165) is 37.6 Å². The van der Waals surface area contributed by atoms with Gasteiger partial charge >= 0.3 is 6.03 Å². The molecule has 30 heavy (non-hydrogen) atoms. The number of non-ortho nitro benzene ring substituents is 1. The summed E-state index contributed by atoms with van der Waals surface area (Å²) in [5.41, 5.74) is -0.384. The second-order valence-corrected chi connectivity index (χ2v) is 7.34. The topological polar surface area (TPSA) is 114 Å². The van der Waals surface area contributed by atoms with Crippen molar-refractivity contribution < 1.29 is 18.8 Å². The highest BCUT2D eigenvalue weighted by molar-refractivity contribution is 5.88. The summed E-state index contributed by atoms with van der Waals surface area (Å²) in [7, 11) is 4.08. The van der Waals surface area contributed by atoms with Crippen molar-refractivity contribution in [3.05, 3.63) is 46.5 Å². The van der Waals surface area contributed by atoms with Gasteiger partial charge in [-0.1, -0.05) is 0 Å². The quantitative estimate of drug-likeness (QED) is 0.566. The molecular weight excluding hydrogens is 395 g/mol. The standard InChI is InChI=1S/C19H23FN6O4/c1-24(2)11-13-5-7-25(8-6-13)19(27)23-17-10-18(22-12-21-17)30-16-4-3-14(26(28)29)9-15(16)20/h3-4,9-10,12-13H,5-8,11H2,1-2H3,(H,21,22,23,27). The number of nitro groups is 1. The molecule has 1 N–H and O–H groups in total. The molecule has 2 aromatic rings. The number of ether oxygens (including phenoxy) is 1. The van der Waals surface area contributed by atoms with E-state index in [4.69, 9.17) is 4.74 Å². The number of nitro benzene ring substituents is 1. The molecule has 0 bridgehead atoms. The van der Waals surface area contributed by atoms with Crippen molar-refractivity contribution >= 4 is 17.5 Å². The lowest BCUT2D eigenvalue weighted by molar-refractivity contribution is -0.385. The highest BCUT2D eigenvalue weighted by Crippen LogP contribution is 2.27. The Morgan fingerprint density at radius 2 is 2.07 bits per heavy atom. The molecular formula is C19H23FN6O4. The van der Waals surface area contributed by atoms with Gasteiger partial charge in [0, 0.05) is 31.8 Å². The lowest BCUT2D eigenvalue weighted by Gasteiger charge is -2.33. The summed E-state index contributed by atoms with van der Waals surface area (Å²) >= 11 is 0. The van der Waals surface area contributed by atoms with Crippen molar-refractivity contribution in [1.29, 1.82) is 0 Å². The average molecular weight is 418 g/mol. The number of benzene rings is 1. The smallest absolute Gasteiger partial charge is 0.323 e. The number of aromatic nitrogens is 2. The lowest BCUT2D eigenvalue weighted by Crippen LogP contribution is -2.42. The van der Waals surface area contributed by atoms with E-state index >= 15 is 0 Å². The van der Waals surface area contributed by atoms with Crippen molar-refractivity contribution in [2.24, 2.45) is 5.92 Å². The van der Waals surface area contributed by atoms with Gasteiger partial charge < -0.3 is 14.5 Å². The number of anilines is 1. The maximum Gasteiger partial charge on any atom is 0.323 e. The Kier molecular flexibility index (Phi) is 6.72. The predicted octanol–water partition coefficient (Wildman–Crippen LogP) is 3.12. The number of halogens is 1. The van der Waals surface area contributed by atoms with Crippen LogP contribution >= 0.6 is 0 Å². The molecule has 1 aliphatic rings. The molecule has 0 spiro atoms. The van der Waals surface area contributed by atoms with Gasteiger partial charge in [-0.2, -0.15) is 0 Å². The highest BCUT2D eigenvalue weighted by Gasteiger charge is 2.23. The van der Waals surface area contributed by atoms with E-state index in [1.165, 1.54) is 12.4 Å². The van der Waals surface area contributed by atoms with Gasteiger partial charge in [0.05, 0.1) is 11.0 Å². The first-order chi connectivity index (χ1) is 14.3. The molecule has 0 saturated carbocycles. The van der Waals surface area contributed by atoms with Crippen LogP contribution in [0.15, 0.2) is 30.6 Å². The van der Waals surface area contributed by atoms with Crippen molar-refractivity contribution in [2.45, 2.75) is 12.8 Å². The zero-order chi connectivity index (χ0) is 21.7. The van der Waals surface area contributed by atoms with Gasteiger partial charge in [-0.25, -0.2) is 19.2 Å². The molecule has 1 saturated heterocycles. The third-order valence-electron chi connectivity index (χ3n) is 4.74. The van der Waals surface area contributed by atoms with Crippen LogP contribution in [0.2, 0.25) is 0 Å². The van der Waals surface area contributed by atoms with Crippen LogP contribution in [0.3, 0.4) is 0 Å². The number of rotatable bonds is 6. The van der Waals surface area contributed by atoms with E-state index in [-0.39, 0.29) is 29.2 Å². The first-order valence-electron chi connectivity index (χ1n) is 9.46. The Hall–Kier alpha value is -3.34. The van der Waals surface area contributed by atoms with Gasteiger partial charge in [-0.3, -0.25) is 15.4 Å². The summed E-state index contributed by atoms with van der Waals surface area (Å²) in [4.78, 5) is 34.3. The van der Waals surface area contributed by atoms with Gasteiger partial charge in [0.15, 0.2) is 11.6 Å². The highest BCUT2D eigenvalue weighted by atomic mass is 19.1. The molecule has 0 unspecified atom stereocenters. The molecule has 3 rings (SSSR count). The SMILES string of the molecule is CN(C)CC1CCN(C(=O)Nc2cc(Oc3ccc([N+](=O)[O-])cc3F)ncn2)CC1. The van der Waals surface area contributed by atoms with Crippen molar-refractivity contribution in [3.8, 4) is 11.6 Å². The summed E-state index contributed by atoms with van der Waals surface area (Å²) in [5, 5.41) is 13.4. The molecule has 1 aliphatic heterocycles. The predicted molar refractivity (Wildman–Crippen MR) is 107 cm³/mol. The molecule has 1 aromatic carbocycles. The average Bonchev–Trinajstić information content (AvgIpc) is 2.69. The van der Waals surface area contributed by atoms with Crippen LogP contribution in [0.25, 0.3) is 0 Å². The van der Waals surface area contributed by atoms with Crippen LogP contribution < -0.4 is 10.1 Å². The number of nitrogens with zero attached hydrogens (tertiary/aromatic N) is 5. The Balaban J connectivity index is 1.59. The number of hydrogen-bond donors (Lipinski definition) is 1. The third kappa shape index (κ3) is 5.60. The van der Waals surface area contributed by atoms with E-state index in [1.54, 1.807) is 4.90 Å². The summed E-state index contributed by atoms with van der Waals surface area (Å²) in [6.07, 6.45) is 3.05. The molecule has 160 valence electrons. The molecule has 2 amide bonds. The first kappa shape index (κ1) is 21.4. The molecule has 2 heterocycles. The maximum atomic E-state index is 14.0. The molecule has 0 atom stereocenters. The second-order valence-electron chi connectivity index (χ2n) is 7.34. The van der Waals surface area contributed by atoms with Crippen molar-refractivity contribution in [2.75, 3.05) is 39.0 Å². The van der Waals surface area contributed by atoms with Crippen LogP contribution in [0, 0.1) is 21.8 Å². The molecule has 1 aromatic heterocycles. The van der Waals surface area contributed by atoms with Crippen LogP contribution in [0.4, 0.5) is 20.7 Å². The van der Waals surface area contributed by atoms with Crippen LogP contribution in [0.5, 0.6) is 11.6 Å². The molecule has 0 aliphatic carbocycles. The van der Waals surface area contributed by atoms with E-state index in [2.05, 4.69) is 20.2 Å². The number of hydrogen-bond acceptors (Lipinski definition) is 7. The maximum absolute atomic E-state index is 14.0. The monoisotopic (exact) mass is 418 g/mol. The summed E-state index contributed by atoms with van der Waals surface area (Å²) in [6.45, 7) is 2.32. The van der Waals surface area contributed by atoms with Crippen molar-refractivity contribution in [1.82, 2.24) is 19.8 Å². The van der Waals surface area contributed by atoms with Gasteiger partial charge in [0.1, 0.15) is 12.1 Å². The molecule has 11 heteroatoms. The number of nitrogens with one attached hydrogen (secondary N) is 1. The van der Waals surface area contributed by atoms with Gasteiger partial charge in [0.2, 0.25) is 5.88 Å². The minimum absolute atomic E-state index is 0.00209. The summed E-state index contributed by atoms with van der Waals surface area (Å²) in [5.74, 6) is -0.339. The fourth-order valence-electron chi connectivity index (χ4n) is 3.29. The Bertz CT molecular complexity index is 918. The number of likely N-dealkylation sites (tertiary alicyclic amines) is 1. The molecule has 1 fully saturated rings. The minimum atomic E-state index is -0.894. The summed E-state index contributed by atoms with van der Waals surface area (Å²) < 4.78 is 19.4. The lowest BCUT2D eigenvalue weighted by atomic mass is 9.97. The third-order valence-corrected chi connectivity index (χ3v) is 4.74. The molecule has 0 radical (unpaired) electrons. The number of urea groups is 1. The van der Waals surface area contributed by atoms with Crippen LogP contribution in [-0.4, -0.2) is 64.5 Å². The Morgan fingerprint density at radius 1 is 1.33 bits per heavy atom. The van der Waals surface area contributed by atoms with Crippen LogP contribution in [0.1, 0.15) is 12.8 Å². The Morgan fingerprint density at radius 3 is 2.70 bits per heavy atom. The zero-order valence-corrected chi connectivity index (χ0v) is 16.7. The minimum Gasteiger partial charge on any atom is -0.436 e. The normalized spacial score (nSPS) is 14.6. The number of carbonyl (C=O) groups excluding carboxylic acids is 1. The largest absolute Gasteiger partial charge is 0.436 e. The zero-order valence-electron chi connectivity index (χ0n) is 16.7. The number of piperidine rings is 1. The van der Waals surface area contributed by atoms with Crippen LogP contribution in [-0.2, 0) is 0 Å². The summed E-state index contributed by atoms with van der Waals surface area (Å²) in [6, 6.07) is 4.12. The van der Waals surface area contributed by atoms with Crippen molar-refractivity contribution in [3.63, 3.8) is 0 Å². The second kappa shape index (κ2) is 9.44. The van der Waals surface area contributed by atoms with E-state index in [1.807, 2.05) is 14.1 Å². The Labute approximate surface area is 172 Å². The number of carbonyl (C=O) groups is 1. The van der Waals surface area contributed by atoms with Gasteiger partial charge in [0.25, 0.3) is 5.69 Å². The van der Waals surface area contributed by atoms with E-state index in [9.17, 15) is 19.3 Å². The fourth-order valence-corrected chi connectivity index (χ4v) is 3.29. The first-order valence-corrected chi connectivity index (χ1v) is 9.46. The number of amides is 2. The fraction of sp³-hybridized carbons (Fsp3) is 0.421.